The SMILES string of the molecule is CP(=O)(CP(=O)(O)O)OCC1CC(O)C(N=CN)O1. The topological polar surface area (TPSA) is 152 Å². The van der Waals surface area contributed by atoms with Gasteiger partial charge in [0.15, 0.2) is 6.23 Å². The predicted octanol–water partition coefficient (Wildman–Crippen LogP) is -0.491. The zero-order valence-electron chi connectivity index (χ0n) is 10.3. The summed E-state index contributed by atoms with van der Waals surface area (Å²) < 4.78 is 32.8. The van der Waals surface area contributed by atoms with E-state index in [-0.39, 0.29) is 13.0 Å². The number of hydrogen-bond donors (Lipinski definition) is 4. The molecule has 4 unspecified atom stereocenters. The number of aliphatic hydroxyl groups excluding tert-OH is 1. The molecule has 0 aromatic rings. The highest BCUT2D eigenvalue weighted by atomic mass is 31.2. The maximum atomic E-state index is 11.8. The lowest BCUT2D eigenvalue weighted by Crippen LogP contribution is -2.19. The van der Waals surface area contributed by atoms with Crippen molar-refractivity contribution in [1.82, 2.24) is 0 Å². The Labute approximate surface area is 110 Å². The Bertz CT molecular complexity index is 423. The van der Waals surface area contributed by atoms with E-state index in [2.05, 4.69) is 4.99 Å². The second-order valence-electron chi connectivity index (χ2n) is 4.37. The van der Waals surface area contributed by atoms with Crippen LogP contribution in [0.1, 0.15) is 6.42 Å². The molecule has 1 aliphatic heterocycles. The fraction of sp³-hybridized carbons (Fsp3) is 0.875. The van der Waals surface area contributed by atoms with Crippen molar-refractivity contribution in [3.05, 3.63) is 0 Å². The van der Waals surface area contributed by atoms with Gasteiger partial charge >= 0.3 is 7.60 Å². The zero-order valence-corrected chi connectivity index (χ0v) is 12.1. The summed E-state index contributed by atoms with van der Waals surface area (Å²) in [4.78, 5) is 21.2. The highest BCUT2D eigenvalue weighted by Crippen LogP contribution is 2.55. The second-order valence-corrected chi connectivity index (χ2v) is 9.11. The Morgan fingerprint density at radius 3 is 2.68 bits per heavy atom. The van der Waals surface area contributed by atoms with Crippen LogP contribution in [0.4, 0.5) is 0 Å². The van der Waals surface area contributed by atoms with Crippen molar-refractivity contribution >= 4 is 21.3 Å². The van der Waals surface area contributed by atoms with Gasteiger partial charge in [-0.2, -0.15) is 0 Å². The van der Waals surface area contributed by atoms with Crippen molar-refractivity contribution in [3.8, 4) is 0 Å². The fourth-order valence-electron chi connectivity index (χ4n) is 1.67. The normalized spacial score (nSPS) is 31.7. The van der Waals surface area contributed by atoms with E-state index in [9.17, 15) is 14.2 Å². The van der Waals surface area contributed by atoms with Crippen molar-refractivity contribution in [2.45, 2.75) is 24.9 Å². The molecule has 19 heavy (non-hydrogen) atoms. The van der Waals surface area contributed by atoms with Gasteiger partial charge in [0.05, 0.1) is 19.0 Å². The smallest absolute Gasteiger partial charge is 0.335 e. The molecule has 0 aliphatic carbocycles. The van der Waals surface area contributed by atoms with Gasteiger partial charge in [0, 0.05) is 13.1 Å². The number of rotatable bonds is 6. The molecular weight excluding hydrogens is 298 g/mol. The predicted molar refractivity (Wildman–Crippen MR) is 68.4 cm³/mol. The van der Waals surface area contributed by atoms with Crippen LogP contribution in [0.15, 0.2) is 4.99 Å². The Balaban J connectivity index is 2.46. The minimum atomic E-state index is -4.40. The quantitative estimate of drug-likeness (QED) is 0.291. The summed E-state index contributed by atoms with van der Waals surface area (Å²) in [6.07, 6.45) is -0.954. The molecule has 5 N–H and O–H groups in total. The minimum absolute atomic E-state index is 0.137. The van der Waals surface area contributed by atoms with Crippen molar-refractivity contribution in [2.24, 2.45) is 10.7 Å². The van der Waals surface area contributed by atoms with Crippen LogP contribution in [0.25, 0.3) is 0 Å². The van der Waals surface area contributed by atoms with Crippen LogP contribution >= 0.6 is 15.0 Å². The number of ether oxygens (including phenoxy) is 1. The van der Waals surface area contributed by atoms with Gasteiger partial charge in [-0.05, 0) is 0 Å². The maximum absolute atomic E-state index is 11.8. The first-order valence-electron chi connectivity index (χ1n) is 5.45. The molecule has 1 aliphatic rings. The number of aliphatic imine (C=N–C) groups is 1. The molecule has 112 valence electrons. The molecule has 0 radical (unpaired) electrons. The van der Waals surface area contributed by atoms with Crippen molar-refractivity contribution in [1.29, 1.82) is 0 Å². The molecular formula is C8H18N2O7P2. The van der Waals surface area contributed by atoms with Crippen LogP contribution in [-0.4, -0.2) is 58.8 Å². The summed E-state index contributed by atoms with van der Waals surface area (Å²) in [5, 5.41) is 9.56. The Morgan fingerprint density at radius 1 is 1.53 bits per heavy atom. The lowest BCUT2D eigenvalue weighted by atomic mass is 10.2. The highest BCUT2D eigenvalue weighted by Gasteiger charge is 2.35. The standard InChI is InChI=1S/C8H18N2O7P2/c1-18(12,5-19(13,14)15)16-3-6-2-7(11)8(17-6)10-4-9/h4,6-8,11H,2-3,5H2,1H3,(H2,9,10)(H2,13,14,15). The van der Waals surface area contributed by atoms with E-state index in [1.807, 2.05) is 0 Å². The summed E-state index contributed by atoms with van der Waals surface area (Å²) in [6, 6.07) is 0. The van der Waals surface area contributed by atoms with Crippen LogP contribution in [0, 0.1) is 0 Å². The summed E-state index contributed by atoms with van der Waals surface area (Å²) in [5.74, 6) is -0.820. The molecule has 0 bridgehead atoms. The van der Waals surface area contributed by atoms with Gasteiger partial charge in [-0.15, -0.1) is 0 Å². The molecule has 0 spiro atoms. The third kappa shape index (κ3) is 6.14. The fourth-order valence-corrected chi connectivity index (χ4v) is 5.16. The number of nitrogens with two attached hydrogens (primary N) is 1. The van der Waals surface area contributed by atoms with Crippen molar-refractivity contribution in [3.63, 3.8) is 0 Å². The van der Waals surface area contributed by atoms with Crippen molar-refractivity contribution in [2.75, 3.05) is 19.2 Å². The maximum Gasteiger partial charge on any atom is 0.335 e. The van der Waals surface area contributed by atoms with Crippen LogP contribution in [0.3, 0.4) is 0 Å². The summed E-state index contributed by atoms with van der Waals surface area (Å²) in [5.41, 5.74) is 5.08. The van der Waals surface area contributed by atoms with Crippen LogP contribution in [0.2, 0.25) is 0 Å². The number of nitrogens with zero attached hydrogens (tertiary/aromatic N) is 1. The molecule has 0 aromatic carbocycles. The molecule has 0 aromatic heterocycles. The van der Waals surface area contributed by atoms with Gasteiger partial charge in [0.2, 0.25) is 7.37 Å². The Morgan fingerprint density at radius 2 is 2.16 bits per heavy atom. The average Bonchev–Trinajstić information content (AvgIpc) is 2.54. The lowest BCUT2D eigenvalue weighted by molar-refractivity contribution is 0.000688. The molecule has 4 atom stereocenters. The number of hydrogen-bond acceptors (Lipinski definition) is 6. The highest BCUT2D eigenvalue weighted by molar-refractivity contribution is 7.72. The van der Waals surface area contributed by atoms with E-state index in [0.717, 1.165) is 13.0 Å². The first-order valence-corrected chi connectivity index (χ1v) is 9.51. The van der Waals surface area contributed by atoms with E-state index >= 15 is 0 Å². The minimum Gasteiger partial charge on any atom is -0.390 e. The largest absolute Gasteiger partial charge is 0.390 e. The van der Waals surface area contributed by atoms with E-state index in [4.69, 9.17) is 24.8 Å². The van der Waals surface area contributed by atoms with E-state index in [1.54, 1.807) is 0 Å². The summed E-state index contributed by atoms with van der Waals surface area (Å²) >= 11 is 0. The molecule has 1 rings (SSSR count). The molecule has 9 nitrogen and oxygen atoms in total. The molecule has 1 saturated heterocycles. The third-order valence-corrected chi connectivity index (χ3v) is 6.60. The summed E-state index contributed by atoms with van der Waals surface area (Å²) in [6.45, 7) is 1.01. The van der Waals surface area contributed by atoms with Crippen LogP contribution in [0.5, 0.6) is 0 Å². The van der Waals surface area contributed by atoms with Crippen LogP contribution in [-0.2, 0) is 18.4 Å². The first-order chi connectivity index (χ1) is 8.63. The molecule has 0 amide bonds. The van der Waals surface area contributed by atoms with E-state index in [1.165, 1.54) is 0 Å². The van der Waals surface area contributed by atoms with Crippen molar-refractivity contribution < 1.29 is 33.3 Å². The van der Waals surface area contributed by atoms with Crippen LogP contribution < -0.4 is 5.73 Å². The molecule has 1 heterocycles. The third-order valence-electron chi connectivity index (χ3n) is 2.37. The van der Waals surface area contributed by atoms with Gasteiger partial charge in [-0.25, -0.2) is 4.99 Å². The van der Waals surface area contributed by atoms with Gasteiger partial charge in [0.1, 0.15) is 12.0 Å². The second kappa shape index (κ2) is 6.45. The number of aliphatic hydroxyl groups is 1. The molecule has 1 fully saturated rings. The first kappa shape index (κ1) is 16.8. The molecule has 11 heteroatoms. The molecule has 0 saturated carbocycles. The van der Waals surface area contributed by atoms with E-state index < -0.39 is 39.3 Å². The average molecular weight is 316 g/mol. The van der Waals surface area contributed by atoms with Gasteiger partial charge in [-0.1, -0.05) is 0 Å². The Hall–Kier alpha value is -0.270. The van der Waals surface area contributed by atoms with E-state index in [0.29, 0.717) is 0 Å². The van der Waals surface area contributed by atoms with Gasteiger partial charge in [-0.3, -0.25) is 9.13 Å². The summed E-state index contributed by atoms with van der Waals surface area (Å²) in [7, 11) is -7.81. The Kier molecular flexibility index (Phi) is 5.70. The lowest BCUT2D eigenvalue weighted by Gasteiger charge is -2.17. The van der Waals surface area contributed by atoms with Gasteiger partial charge < -0.3 is 29.9 Å². The monoisotopic (exact) mass is 316 g/mol. The van der Waals surface area contributed by atoms with Gasteiger partial charge in [0.25, 0.3) is 0 Å². The zero-order chi connectivity index (χ0) is 14.7.